The highest BCUT2D eigenvalue weighted by Crippen LogP contribution is 2.28. The predicted octanol–water partition coefficient (Wildman–Crippen LogP) is 2.98. The highest BCUT2D eigenvalue weighted by molar-refractivity contribution is 5.96. The molecule has 194 valence electrons. The fraction of sp³-hybridized carbons (Fsp3) is 0.423. The van der Waals surface area contributed by atoms with Crippen LogP contribution in [0.5, 0.6) is 5.75 Å². The van der Waals surface area contributed by atoms with Crippen LogP contribution in [0.1, 0.15) is 49.5 Å². The zero-order valence-electron chi connectivity index (χ0n) is 21.3. The number of hydrogen-bond acceptors (Lipinski definition) is 8. The molecule has 37 heavy (non-hydrogen) atoms. The molecule has 3 heterocycles. The molecule has 2 aromatic heterocycles. The van der Waals surface area contributed by atoms with Gasteiger partial charge >= 0.3 is 6.09 Å². The number of Topliss-reactive ketones (excluding diaryl/α,β-unsaturated/α-hetero) is 1. The minimum Gasteiger partial charge on any atom is -0.497 e. The van der Waals surface area contributed by atoms with E-state index in [0.717, 1.165) is 12.8 Å². The van der Waals surface area contributed by atoms with E-state index >= 15 is 0 Å². The van der Waals surface area contributed by atoms with Gasteiger partial charge in [-0.25, -0.2) is 9.78 Å². The first-order valence-electron chi connectivity index (χ1n) is 12.0. The highest BCUT2D eigenvalue weighted by Gasteiger charge is 2.28. The molecule has 1 aliphatic rings. The average molecular weight is 507 g/mol. The lowest BCUT2D eigenvalue weighted by molar-refractivity contribution is 0.0499. The highest BCUT2D eigenvalue weighted by atomic mass is 16.6. The molecule has 2 N–H and O–H groups in total. The summed E-state index contributed by atoms with van der Waals surface area (Å²) in [5.74, 6) is 0.733. The minimum atomic E-state index is -0.608. The van der Waals surface area contributed by atoms with Crippen molar-refractivity contribution in [1.82, 2.24) is 19.9 Å². The summed E-state index contributed by atoms with van der Waals surface area (Å²) in [7, 11) is 1.51. The number of piperidine rings is 1. The van der Waals surface area contributed by atoms with Crippen molar-refractivity contribution in [2.75, 3.05) is 25.1 Å². The molecule has 0 bridgehead atoms. The minimum absolute atomic E-state index is 0.148. The Morgan fingerprint density at radius 2 is 2.11 bits per heavy atom. The summed E-state index contributed by atoms with van der Waals surface area (Å²) in [4.78, 5) is 47.6. The number of ether oxygens (including phenoxy) is 2. The van der Waals surface area contributed by atoms with Gasteiger partial charge in [0.15, 0.2) is 5.78 Å². The molecule has 1 atom stereocenters. The Morgan fingerprint density at radius 3 is 2.81 bits per heavy atom. The van der Waals surface area contributed by atoms with Crippen molar-refractivity contribution in [3.8, 4) is 11.8 Å². The number of alkyl carbamates (subject to hydrolysis) is 1. The molecule has 1 saturated heterocycles. The summed E-state index contributed by atoms with van der Waals surface area (Å²) in [5, 5.41) is 12.8. The molecule has 1 amide bonds. The third-order valence-electron chi connectivity index (χ3n) is 6.03. The quantitative estimate of drug-likeness (QED) is 0.486. The number of benzene rings is 1. The Morgan fingerprint density at radius 1 is 1.32 bits per heavy atom. The van der Waals surface area contributed by atoms with Crippen molar-refractivity contribution in [2.24, 2.45) is 0 Å². The van der Waals surface area contributed by atoms with Crippen LogP contribution >= 0.6 is 0 Å². The number of carbonyl (C=O) groups is 2. The number of nitrogens with one attached hydrogen (secondary N) is 2. The predicted molar refractivity (Wildman–Crippen MR) is 137 cm³/mol. The van der Waals surface area contributed by atoms with Gasteiger partial charge in [0, 0.05) is 24.7 Å². The van der Waals surface area contributed by atoms with Gasteiger partial charge in [-0.05, 0) is 45.7 Å². The lowest BCUT2D eigenvalue weighted by Gasteiger charge is -2.34. The molecule has 4 rings (SSSR count). The number of nitrogens with zero attached hydrogens (tertiary/aromatic N) is 4. The zero-order chi connectivity index (χ0) is 26.7. The first-order chi connectivity index (χ1) is 17.6. The van der Waals surface area contributed by atoms with E-state index in [2.05, 4.69) is 21.4 Å². The number of anilines is 1. The van der Waals surface area contributed by atoms with Crippen LogP contribution < -0.4 is 20.5 Å². The molecule has 0 saturated carbocycles. The molecule has 3 aromatic rings. The average Bonchev–Trinajstić information content (AvgIpc) is 3.24. The molecule has 11 heteroatoms. The molecule has 0 aliphatic carbocycles. The van der Waals surface area contributed by atoms with E-state index in [4.69, 9.17) is 9.47 Å². The summed E-state index contributed by atoms with van der Waals surface area (Å²) in [6.07, 6.45) is 2.31. The van der Waals surface area contributed by atoms with E-state index < -0.39 is 17.3 Å². The molecule has 0 radical (unpaired) electrons. The molecular formula is C26H30N6O5. The van der Waals surface area contributed by atoms with Crippen molar-refractivity contribution < 1.29 is 19.1 Å². The normalized spacial score (nSPS) is 15.8. The van der Waals surface area contributed by atoms with Crippen LogP contribution in [0.3, 0.4) is 0 Å². The number of rotatable bonds is 6. The number of aromatic nitrogens is 3. The fourth-order valence-corrected chi connectivity index (χ4v) is 4.36. The largest absolute Gasteiger partial charge is 0.497 e. The van der Waals surface area contributed by atoms with Gasteiger partial charge in [-0.3, -0.25) is 14.2 Å². The van der Waals surface area contributed by atoms with Crippen molar-refractivity contribution >= 4 is 28.7 Å². The van der Waals surface area contributed by atoms with E-state index in [9.17, 15) is 19.6 Å². The second-order valence-corrected chi connectivity index (χ2v) is 9.95. The Bertz CT molecular complexity index is 1430. The van der Waals surface area contributed by atoms with Crippen LogP contribution in [0.4, 0.5) is 10.6 Å². The van der Waals surface area contributed by atoms with Crippen molar-refractivity contribution in [3.05, 3.63) is 52.1 Å². The zero-order valence-corrected chi connectivity index (χ0v) is 21.3. The van der Waals surface area contributed by atoms with Gasteiger partial charge in [0.2, 0.25) is 0 Å². The topological polar surface area (TPSA) is 142 Å². The van der Waals surface area contributed by atoms with Gasteiger partial charge in [-0.15, -0.1) is 0 Å². The maximum Gasteiger partial charge on any atom is 0.407 e. The number of methoxy groups -OCH3 is 1. The molecule has 1 aliphatic heterocycles. The molecular weight excluding hydrogens is 476 g/mol. The molecule has 1 unspecified atom stereocenters. The number of ketones is 1. The number of aromatic amines is 1. The van der Waals surface area contributed by atoms with Crippen molar-refractivity contribution in [1.29, 1.82) is 5.26 Å². The summed E-state index contributed by atoms with van der Waals surface area (Å²) in [6, 6.07) is 8.66. The Labute approximate surface area is 214 Å². The van der Waals surface area contributed by atoms with E-state index in [1.807, 2.05) is 4.90 Å². The maximum absolute atomic E-state index is 13.2. The number of carbonyl (C=O) groups excluding carboxylic acids is 2. The number of H-pyrrole nitrogens is 1. The Balaban J connectivity index is 1.58. The summed E-state index contributed by atoms with van der Waals surface area (Å²) < 4.78 is 11.7. The number of hydrogen-bond donors (Lipinski definition) is 2. The Kier molecular flexibility index (Phi) is 7.20. The monoisotopic (exact) mass is 506 g/mol. The number of amides is 1. The van der Waals surface area contributed by atoms with Gasteiger partial charge in [-0.2, -0.15) is 5.26 Å². The van der Waals surface area contributed by atoms with Crippen LogP contribution in [0.2, 0.25) is 0 Å². The summed E-state index contributed by atoms with van der Waals surface area (Å²) in [5.41, 5.74) is -0.0123. The third kappa shape index (κ3) is 5.74. The molecule has 0 spiro atoms. The standard InChI is InChI=1S/C26H30N6O5/c1-26(2,3)37-25(35)29-17-8-6-10-31(13-17)23-19(12-27)21-22(30-23)24(34)32(15-28-21)14-20(33)16-7-5-9-18(11-16)36-4/h5,7,9,11,15,17,30H,6,8,10,13-14H2,1-4H3,(H,29,35). The first-order valence-corrected chi connectivity index (χ1v) is 12.0. The van der Waals surface area contributed by atoms with Gasteiger partial charge in [0.05, 0.1) is 20.0 Å². The Hall–Kier alpha value is -4.33. The molecule has 11 nitrogen and oxygen atoms in total. The van der Waals surface area contributed by atoms with Gasteiger partial charge in [0.25, 0.3) is 5.56 Å². The van der Waals surface area contributed by atoms with Crippen LogP contribution in [0.25, 0.3) is 11.0 Å². The lowest BCUT2D eigenvalue weighted by Crippen LogP contribution is -2.49. The van der Waals surface area contributed by atoms with Crippen molar-refractivity contribution in [2.45, 2.75) is 51.8 Å². The lowest BCUT2D eigenvalue weighted by atomic mass is 10.1. The van der Waals surface area contributed by atoms with Gasteiger partial charge in [-0.1, -0.05) is 12.1 Å². The van der Waals surface area contributed by atoms with Crippen LogP contribution in [-0.2, 0) is 11.3 Å². The molecule has 1 aromatic carbocycles. The second kappa shape index (κ2) is 10.3. The van der Waals surface area contributed by atoms with Gasteiger partial charge in [0.1, 0.15) is 39.8 Å². The van der Waals surface area contributed by atoms with Crippen molar-refractivity contribution in [3.63, 3.8) is 0 Å². The number of nitriles is 1. The summed E-state index contributed by atoms with van der Waals surface area (Å²) >= 11 is 0. The third-order valence-corrected chi connectivity index (χ3v) is 6.03. The SMILES string of the molecule is COc1cccc(C(=O)Cn2cnc3c(C#N)c(N4CCCC(NC(=O)OC(C)(C)C)C4)[nH]c3c2=O)c1. The van der Waals surface area contributed by atoms with Crippen LogP contribution in [0, 0.1) is 11.3 Å². The smallest absolute Gasteiger partial charge is 0.407 e. The number of fused-ring (bicyclic) bond motifs is 1. The summed E-state index contributed by atoms with van der Waals surface area (Å²) in [6.45, 7) is 6.25. The second-order valence-electron chi connectivity index (χ2n) is 9.95. The van der Waals surface area contributed by atoms with Crippen LogP contribution in [-0.4, -0.2) is 58.3 Å². The molecule has 1 fully saturated rings. The van der Waals surface area contributed by atoms with Gasteiger partial charge < -0.3 is 24.7 Å². The van der Waals surface area contributed by atoms with E-state index in [1.54, 1.807) is 45.0 Å². The van der Waals surface area contributed by atoms with E-state index in [-0.39, 0.29) is 35.0 Å². The fourth-order valence-electron chi connectivity index (χ4n) is 4.36. The van der Waals surface area contributed by atoms with E-state index in [0.29, 0.717) is 30.2 Å². The van der Waals surface area contributed by atoms with Crippen LogP contribution in [0.15, 0.2) is 35.4 Å². The van der Waals surface area contributed by atoms with E-state index in [1.165, 1.54) is 18.0 Å². The first kappa shape index (κ1) is 25.8. The maximum atomic E-state index is 13.2.